The van der Waals surface area contributed by atoms with Gasteiger partial charge in [0.15, 0.2) is 0 Å². The summed E-state index contributed by atoms with van der Waals surface area (Å²) in [6, 6.07) is 0. The summed E-state index contributed by atoms with van der Waals surface area (Å²) < 4.78 is 26.5. The van der Waals surface area contributed by atoms with Gasteiger partial charge < -0.3 is 0 Å². The smallest absolute Gasteiger partial charge is 0.212 e. The Morgan fingerprint density at radius 2 is 1.89 bits per heavy atom. The fourth-order valence-corrected chi connectivity index (χ4v) is 5.67. The summed E-state index contributed by atoms with van der Waals surface area (Å²) in [5.41, 5.74) is 0. The molecule has 0 aromatic heterocycles. The molecule has 2 aliphatic rings. The topological polar surface area (TPSA) is 37.4 Å². The van der Waals surface area contributed by atoms with Gasteiger partial charge in [-0.1, -0.05) is 33.6 Å². The van der Waals surface area contributed by atoms with E-state index in [1.807, 2.05) is 0 Å². The zero-order valence-electron chi connectivity index (χ0n) is 11.9. The summed E-state index contributed by atoms with van der Waals surface area (Å²) in [4.78, 5) is 0. The Hall–Kier alpha value is -0.0900. The van der Waals surface area contributed by atoms with Crippen LogP contribution >= 0.6 is 0 Å². The SMILES string of the molecule is CCC(C(C)C)C1CCN(S(=O)(=O)C2CCC2)C1. The summed E-state index contributed by atoms with van der Waals surface area (Å²) in [5.74, 6) is 1.91. The van der Waals surface area contributed by atoms with Crippen LogP contribution in [0.5, 0.6) is 0 Å². The Bertz CT molecular complexity index is 373. The molecule has 3 nitrogen and oxygen atoms in total. The van der Waals surface area contributed by atoms with E-state index in [-0.39, 0.29) is 5.25 Å². The molecule has 0 N–H and O–H groups in total. The Labute approximate surface area is 112 Å². The van der Waals surface area contributed by atoms with Gasteiger partial charge >= 0.3 is 0 Å². The number of hydrogen-bond acceptors (Lipinski definition) is 2. The van der Waals surface area contributed by atoms with Gasteiger partial charge in [0.1, 0.15) is 0 Å². The molecule has 106 valence electrons. The van der Waals surface area contributed by atoms with Crippen molar-refractivity contribution in [1.82, 2.24) is 4.31 Å². The third-order valence-corrected chi connectivity index (χ3v) is 7.32. The van der Waals surface area contributed by atoms with E-state index in [1.165, 1.54) is 6.42 Å². The summed E-state index contributed by atoms with van der Waals surface area (Å²) in [6.07, 6.45) is 5.07. The van der Waals surface area contributed by atoms with Crippen LogP contribution in [0.3, 0.4) is 0 Å². The maximum Gasteiger partial charge on any atom is 0.216 e. The average molecular weight is 273 g/mol. The van der Waals surface area contributed by atoms with Gasteiger partial charge in [-0.15, -0.1) is 0 Å². The van der Waals surface area contributed by atoms with Crippen molar-refractivity contribution in [3.05, 3.63) is 0 Å². The average Bonchev–Trinajstić information content (AvgIpc) is 2.64. The van der Waals surface area contributed by atoms with Gasteiger partial charge in [0.05, 0.1) is 5.25 Å². The summed E-state index contributed by atoms with van der Waals surface area (Å²) in [6.45, 7) is 8.28. The lowest BCUT2D eigenvalue weighted by Gasteiger charge is -2.31. The first kappa shape index (κ1) is 14.3. The van der Waals surface area contributed by atoms with Gasteiger partial charge in [0.2, 0.25) is 10.0 Å². The van der Waals surface area contributed by atoms with Crippen molar-refractivity contribution in [1.29, 1.82) is 0 Å². The van der Waals surface area contributed by atoms with Gasteiger partial charge in [0.25, 0.3) is 0 Å². The summed E-state index contributed by atoms with van der Waals surface area (Å²) in [7, 11) is -2.97. The molecule has 18 heavy (non-hydrogen) atoms. The maximum absolute atomic E-state index is 12.4. The minimum absolute atomic E-state index is 0.0598. The molecule has 1 aliphatic carbocycles. The predicted octanol–water partition coefficient (Wildman–Crippen LogP) is 2.87. The van der Waals surface area contributed by atoms with Crippen LogP contribution in [-0.2, 0) is 10.0 Å². The fraction of sp³-hybridized carbons (Fsp3) is 1.00. The Morgan fingerprint density at radius 1 is 1.22 bits per heavy atom. The zero-order valence-corrected chi connectivity index (χ0v) is 12.7. The molecule has 2 unspecified atom stereocenters. The van der Waals surface area contributed by atoms with Crippen molar-refractivity contribution >= 4 is 10.0 Å². The van der Waals surface area contributed by atoms with Crippen LogP contribution in [0.2, 0.25) is 0 Å². The number of hydrogen-bond donors (Lipinski definition) is 0. The van der Waals surface area contributed by atoms with Gasteiger partial charge in [-0.25, -0.2) is 12.7 Å². The van der Waals surface area contributed by atoms with Crippen molar-refractivity contribution < 1.29 is 8.42 Å². The molecule has 2 atom stereocenters. The van der Waals surface area contributed by atoms with Crippen LogP contribution in [0.15, 0.2) is 0 Å². The van der Waals surface area contributed by atoms with E-state index in [9.17, 15) is 8.42 Å². The van der Waals surface area contributed by atoms with Crippen molar-refractivity contribution in [2.75, 3.05) is 13.1 Å². The second-order valence-electron chi connectivity index (χ2n) is 6.32. The zero-order chi connectivity index (χ0) is 13.3. The molecule has 0 spiro atoms. The fourth-order valence-electron chi connectivity index (χ4n) is 3.56. The molecule has 1 saturated carbocycles. The molecule has 4 heteroatoms. The standard InChI is InChI=1S/C14H27NO2S/c1-4-14(11(2)3)12-8-9-15(10-12)18(16,17)13-6-5-7-13/h11-14H,4-10H2,1-3H3. The normalized spacial score (nSPS) is 28.6. The molecule has 0 bridgehead atoms. The van der Waals surface area contributed by atoms with Crippen molar-refractivity contribution in [2.45, 2.75) is 58.1 Å². The largest absolute Gasteiger partial charge is 0.216 e. The highest BCUT2D eigenvalue weighted by atomic mass is 32.2. The summed E-state index contributed by atoms with van der Waals surface area (Å²) >= 11 is 0. The predicted molar refractivity (Wildman–Crippen MR) is 74.9 cm³/mol. The first-order valence-electron chi connectivity index (χ1n) is 7.45. The monoisotopic (exact) mass is 273 g/mol. The molecule has 1 saturated heterocycles. The molecule has 2 rings (SSSR count). The third kappa shape index (κ3) is 2.60. The summed E-state index contributed by atoms with van der Waals surface area (Å²) in [5, 5.41) is -0.0598. The van der Waals surface area contributed by atoms with E-state index in [1.54, 1.807) is 4.31 Å². The lowest BCUT2D eigenvalue weighted by molar-refractivity contribution is 0.253. The van der Waals surface area contributed by atoms with Crippen molar-refractivity contribution in [3.63, 3.8) is 0 Å². The van der Waals surface area contributed by atoms with Gasteiger partial charge in [0, 0.05) is 13.1 Å². The van der Waals surface area contributed by atoms with E-state index in [0.29, 0.717) is 17.8 Å². The van der Waals surface area contributed by atoms with Crippen molar-refractivity contribution in [2.24, 2.45) is 17.8 Å². The first-order chi connectivity index (χ1) is 8.46. The van der Waals surface area contributed by atoms with Gasteiger partial charge in [-0.2, -0.15) is 0 Å². The van der Waals surface area contributed by atoms with Crippen LogP contribution < -0.4 is 0 Å². The first-order valence-corrected chi connectivity index (χ1v) is 8.96. The molecule has 1 aliphatic heterocycles. The van der Waals surface area contributed by atoms with E-state index in [4.69, 9.17) is 0 Å². The highest BCUT2D eigenvalue weighted by Gasteiger charge is 2.41. The van der Waals surface area contributed by atoms with Gasteiger partial charge in [-0.3, -0.25) is 0 Å². The lowest BCUT2D eigenvalue weighted by Crippen LogP contribution is -2.41. The van der Waals surface area contributed by atoms with E-state index >= 15 is 0 Å². The van der Waals surface area contributed by atoms with Crippen LogP contribution in [0, 0.1) is 17.8 Å². The number of rotatable bonds is 5. The van der Waals surface area contributed by atoms with Crippen LogP contribution in [-0.4, -0.2) is 31.1 Å². The number of nitrogens with zero attached hydrogens (tertiary/aromatic N) is 1. The lowest BCUT2D eigenvalue weighted by atomic mass is 9.81. The van der Waals surface area contributed by atoms with E-state index in [2.05, 4.69) is 20.8 Å². The molecule has 0 aromatic carbocycles. The van der Waals surface area contributed by atoms with Gasteiger partial charge in [-0.05, 0) is 37.0 Å². The highest BCUT2D eigenvalue weighted by Crippen LogP contribution is 2.36. The quantitative estimate of drug-likeness (QED) is 0.772. The van der Waals surface area contributed by atoms with Crippen LogP contribution in [0.4, 0.5) is 0 Å². The van der Waals surface area contributed by atoms with Crippen molar-refractivity contribution in [3.8, 4) is 0 Å². The Morgan fingerprint density at radius 3 is 2.33 bits per heavy atom. The van der Waals surface area contributed by atoms with E-state index in [0.717, 1.165) is 38.8 Å². The molecular formula is C14H27NO2S. The minimum atomic E-state index is -2.97. The number of sulfonamides is 1. The second-order valence-corrected chi connectivity index (χ2v) is 8.53. The molecule has 2 fully saturated rings. The van der Waals surface area contributed by atoms with Crippen LogP contribution in [0.1, 0.15) is 52.9 Å². The minimum Gasteiger partial charge on any atom is -0.212 e. The molecule has 0 aromatic rings. The highest BCUT2D eigenvalue weighted by molar-refractivity contribution is 7.89. The second kappa shape index (κ2) is 5.49. The Kier molecular flexibility index (Phi) is 4.37. The molecule has 0 radical (unpaired) electrons. The van der Waals surface area contributed by atoms with Crippen LogP contribution in [0.25, 0.3) is 0 Å². The molecular weight excluding hydrogens is 246 g/mol. The Balaban J connectivity index is 1.99. The van der Waals surface area contributed by atoms with E-state index < -0.39 is 10.0 Å². The third-order valence-electron chi connectivity index (χ3n) is 4.95. The molecule has 1 heterocycles. The maximum atomic E-state index is 12.4. The molecule has 0 amide bonds.